The van der Waals surface area contributed by atoms with E-state index in [1.807, 2.05) is 0 Å². The molecular weight excluding hydrogens is 235 g/mol. The first kappa shape index (κ1) is 12.5. The molecule has 4 nitrogen and oxygen atoms in total. The molecule has 96 valence electrons. The summed E-state index contributed by atoms with van der Waals surface area (Å²) in [6.07, 6.45) is 0.184. The maximum atomic E-state index is 13.7. The van der Waals surface area contributed by atoms with Crippen LogP contribution in [-0.4, -0.2) is 24.9 Å². The van der Waals surface area contributed by atoms with Crippen molar-refractivity contribution in [3.8, 4) is 0 Å². The first-order chi connectivity index (χ1) is 8.63. The standard InChI is InChI=1S/C13H15FN2O2/c1-2-16(11-6-4-3-5-10(11)14)13(18)9-7-12(17)15-8-9/h3-6,9H,2,7-8H2,1H3,(H,15,17). The Kier molecular flexibility index (Phi) is 3.60. The van der Waals surface area contributed by atoms with Crippen molar-refractivity contribution < 1.29 is 14.0 Å². The van der Waals surface area contributed by atoms with Crippen molar-refractivity contribution in [2.45, 2.75) is 13.3 Å². The third-order valence-electron chi connectivity index (χ3n) is 3.05. The molecule has 0 aliphatic carbocycles. The Morgan fingerprint density at radius 2 is 2.22 bits per heavy atom. The Balaban J connectivity index is 2.21. The summed E-state index contributed by atoms with van der Waals surface area (Å²) in [7, 11) is 0. The molecule has 1 atom stereocenters. The maximum Gasteiger partial charge on any atom is 0.232 e. The second-order valence-electron chi connectivity index (χ2n) is 4.24. The average Bonchev–Trinajstić information content (AvgIpc) is 2.79. The van der Waals surface area contributed by atoms with E-state index in [1.165, 1.54) is 11.0 Å². The van der Waals surface area contributed by atoms with Crippen LogP contribution in [0.5, 0.6) is 0 Å². The zero-order valence-electron chi connectivity index (χ0n) is 10.1. The van der Waals surface area contributed by atoms with Gasteiger partial charge in [0.25, 0.3) is 0 Å². The van der Waals surface area contributed by atoms with E-state index in [0.717, 1.165) is 0 Å². The Bertz CT molecular complexity index is 476. The van der Waals surface area contributed by atoms with Gasteiger partial charge in [0, 0.05) is 19.5 Å². The highest BCUT2D eigenvalue weighted by atomic mass is 19.1. The minimum atomic E-state index is -0.426. The summed E-state index contributed by atoms with van der Waals surface area (Å²) < 4.78 is 13.7. The van der Waals surface area contributed by atoms with Gasteiger partial charge in [0.15, 0.2) is 0 Å². The summed E-state index contributed by atoms with van der Waals surface area (Å²) in [5.74, 6) is -1.15. The largest absolute Gasteiger partial charge is 0.355 e. The SMILES string of the molecule is CCN(C(=O)C1CNC(=O)C1)c1ccccc1F. The summed E-state index contributed by atoms with van der Waals surface area (Å²) >= 11 is 0. The first-order valence-corrected chi connectivity index (χ1v) is 5.96. The summed E-state index contributed by atoms with van der Waals surface area (Å²) in [6, 6.07) is 6.16. The highest BCUT2D eigenvalue weighted by Crippen LogP contribution is 2.22. The number of hydrogen-bond acceptors (Lipinski definition) is 2. The van der Waals surface area contributed by atoms with E-state index in [4.69, 9.17) is 0 Å². The lowest BCUT2D eigenvalue weighted by Crippen LogP contribution is -2.37. The molecule has 1 saturated heterocycles. The second-order valence-corrected chi connectivity index (χ2v) is 4.24. The molecule has 2 rings (SSSR count). The second kappa shape index (κ2) is 5.16. The fourth-order valence-electron chi connectivity index (χ4n) is 2.12. The van der Waals surface area contributed by atoms with E-state index in [-0.39, 0.29) is 23.9 Å². The van der Waals surface area contributed by atoms with Gasteiger partial charge in [-0.3, -0.25) is 9.59 Å². The van der Waals surface area contributed by atoms with Crippen LogP contribution in [0.3, 0.4) is 0 Å². The number of benzene rings is 1. The van der Waals surface area contributed by atoms with Crippen molar-refractivity contribution in [2.75, 3.05) is 18.0 Å². The zero-order valence-corrected chi connectivity index (χ0v) is 10.1. The van der Waals surface area contributed by atoms with Crippen LogP contribution in [0, 0.1) is 11.7 Å². The van der Waals surface area contributed by atoms with Crippen molar-refractivity contribution in [3.05, 3.63) is 30.1 Å². The minimum absolute atomic E-state index is 0.127. The molecule has 1 unspecified atom stereocenters. The first-order valence-electron chi connectivity index (χ1n) is 5.96. The fraction of sp³-hybridized carbons (Fsp3) is 0.385. The van der Waals surface area contributed by atoms with Crippen LogP contribution in [-0.2, 0) is 9.59 Å². The third-order valence-corrected chi connectivity index (χ3v) is 3.05. The molecule has 2 amide bonds. The number of para-hydroxylation sites is 1. The molecule has 0 aromatic heterocycles. The van der Waals surface area contributed by atoms with Crippen LogP contribution >= 0.6 is 0 Å². The Morgan fingerprint density at radius 3 is 2.78 bits per heavy atom. The maximum absolute atomic E-state index is 13.7. The molecule has 0 spiro atoms. The van der Waals surface area contributed by atoms with Gasteiger partial charge < -0.3 is 10.2 Å². The lowest BCUT2D eigenvalue weighted by atomic mass is 10.1. The summed E-state index contributed by atoms with van der Waals surface area (Å²) in [4.78, 5) is 24.7. The van der Waals surface area contributed by atoms with Gasteiger partial charge in [-0.1, -0.05) is 12.1 Å². The molecule has 1 aliphatic heterocycles. The fourth-order valence-corrected chi connectivity index (χ4v) is 2.12. The highest BCUT2D eigenvalue weighted by molar-refractivity contribution is 5.99. The predicted molar refractivity (Wildman–Crippen MR) is 65.5 cm³/mol. The molecule has 1 aromatic carbocycles. The Labute approximate surface area is 105 Å². The molecular formula is C13H15FN2O2. The van der Waals surface area contributed by atoms with Crippen LogP contribution in [0.2, 0.25) is 0 Å². The normalized spacial score (nSPS) is 18.6. The topological polar surface area (TPSA) is 49.4 Å². The summed E-state index contributed by atoms with van der Waals surface area (Å²) in [6.45, 7) is 2.50. The number of rotatable bonds is 3. The van der Waals surface area contributed by atoms with Crippen LogP contribution < -0.4 is 10.2 Å². The average molecular weight is 250 g/mol. The molecule has 1 heterocycles. The molecule has 1 fully saturated rings. The molecule has 0 radical (unpaired) electrons. The Hall–Kier alpha value is -1.91. The number of nitrogens with zero attached hydrogens (tertiary/aromatic N) is 1. The van der Waals surface area contributed by atoms with Crippen LogP contribution in [0.15, 0.2) is 24.3 Å². The van der Waals surface area contributed by atoms with Gasteiger partial charge in [-0.2, -0.15) is 0 Å². The number of nitrogens with one attached hydrogen (secondary N) is 1. The number of carbonyl (C=O) groups excluding carboxylic acids is 2. The van der Waals surface area contributed by atoms with E-state index < -0.39 is 11.7 Å². The quantitative estimate of drug-likeness (QED) is 0.879. The molecule has 18 heavy (non-hydrogen) atoms. The molecule has 5 heteroatoms. The van der Waals surface area contributed by atoms with Crippen molar-refractivity contribution in [2.24, 2.45) is 5.92 Å². The molecule has 1 N–H and O–H groups in total. The van der Waals surface area contributed by atoms with Crippen molar-refractivity contribution in [1.82, 2.24) is 5.32 Å². The number of anilines is 1. The lowest BCUT2D eigenvalue weighted by Gasteiger charge is -2.24. The minimum Gasteiger partial charge on any atom is -0.355 e. The van der Waals surface area contributed by atoms with Gasteiger partial charge in [0.05, 0.1) is 11.6 Å². The zero-order chi connectivity index (χ0) is 13.1. The van der Waals surface area contributed by atoms with Gasteiger partial charge in [-0.25, -0.2) is 4.39 Å². The number of halogens is 1. The van der Waals surface area contributed by atoms with Gasteiger partial charge >= 0.3 is 0 Å². The van der Waals surface area contributed by atoms with Crippen LogP contribution in [0.1, 0.15) is 13.3 Å². The monoisotopic (exact) mass is 250 g/mol. The van der Waals surface area contributed by atoms with Crippen LogP contribution in [0.4, 0.5) is 10.1 Å². The Morgan fingerprint density at radius 1 is 1.50 bits per heavy atom. The third kappa shape index (κ3) is 2.34. The van der Waals surface area contributed by atoms with Gasteiger partial charge in [-0.05, 0) is 19.1 Å². The van der Waals surface area contributed by atoms with Gasteiger partial charge in [-0.15, -0.1) is 0 Å². The van der Waals surface area contributed by atoms with E-state index in [2.05, 4.69) is 5.32 Å². The van der Waals surface area contributed by atoms with E-state index in [1.54, 1.807) is 25.1 Å². The highest BCUT2D eigenvalue weighted by Gasteiger charge is 2.32. The molecule has 0 saturated carbocycles. The smallest absolute Gasteiger partial charge is 0.232 e. The lowest BCUT2D eigenvalue weighted by molar-refractivity contribution is -0.124. The van der Waals surface area contributed by atoms with E-state index in [9.17, 15) is 14.0 Å². The summed E-state index contributed by atoms with van der Waals surface area (Å²) in [5.41, 5.74) is 0.268. The summed E-state index contributed by atoms with van der Waals surface area (Å²) in [5, 5.41) is 2.62. The van der Waals surface area contributed by atoms with Gasteiger partial charge in [0.2, 0.25) is 11.8 Å². The molecule has 1 aliphatic rings. The number of amides is 2. The van der Waals surface area contributed by atoms with Crippen molar-refractivity contribution in [3.63, 3.8) is 0 Å². The van der Waals surface area contributed by atoms with Crippen LogP contribution in [0.25, 0.3) is 0 Å². The molecule has 1 aromatic rings. The van der Waals surface area contributed by atoms with E-state index >= 15 is 0 Å². The van der Waals surface area contributed by atoms with Crippen molar-refractivity contribution >= 4 is 17.5 Å². The predicted octanol–water partition coefficient (Wildman–Crippen LogP) is 1.31. The van der Waals surface area contributed by atoms with Crippen molar-refractivity contribution in [1.29, 1.82) is 0 Å². The molecule has 0 bridgehead atoms. The number of hydrogen-bond donors (Lipinski definition) is 1. The van der Waals surface area contributed by atoms with Gasteiger partial charge in [0.1, 0.15) is 5.82 Å². The number of carbonyl (C=O) groups is 2. The van der Waals surface area contributed by atoms with E-state index in [0.29, 0.717) is 13.1 Å².